The fourth-order valence-corrected chi connectivity index (χ4v) is 5.65. The number of amides is 3. The summed E-state index contributed by atoms with van der Waals surface area (Å²) >= 11 is 0. The minimum Gasteiger partial charge on any atom is -0.326 e. The second kappa shape index (κ2) is 10.8. The van der Waals surface area contributed by atoms with Gasteiger partial charge < -0.3 is 15.5 Å². The van der Waals surface area contributed by atoms with Crippen molar-refractivity contribution in [1.82, 2.24) is 14.7 Å². The maximum absolute atomic E-state index is 15.7. The number of hydrogen-bond donors (Lipinski definition) is 2. The fourth-order valence-electron chi connectivity index (χ4n) is 5.65. The number of para-hydroxylation sites is 1. The van der Waals surface area contributed by atoms with Crippen molar-refractivity contribution in [3.63, 3.8) is 0 Å². The number of fused-ring (bicyclic) bond motifs is 2. The maximum atomic E-state index is 15.7. The summed E-state index contributed by atoms with van der Waals surface area (Å²) in [5.41, 5.74) is 3.09. The molecule has 1 aromatic heterocycles. The van der Waals surface area contributed by atoms with Crippen LogP contribution in [-0.2, 0) is 27.3 Å². The summed E-state index contributed by atoms with van der Waals surface area (Å²) < 4.78 is 31.6. The number of alkyl halides is 1. The van der Waals surface area contributed by atoms with E-state index in [1.165, 1.54) is 17.7 Å². The van der Waals surface area contributed by atoms with Crippen LogP contribution in [0.15, 0.2) is 60.7 Å². The highest BCUT2D eigenvalue weighted by Gasteiger charge is 2.40. The summed E-state index contributed by atoms with van der Waals surface area (Å²) in [7, 11) is 0. The fraction of sp³-hybridized carbons (Fsp3) is 0.258. The van der Waals surface area contributed by atoms with Gasteiger partial charge in [0.2, 0.25) is 17.7 Å². The third kappa shape index (κ3) is 5.02. The molecule has 0 spiro atoms. The Morgan fingerprint density at radius 2 is 1.88 bits per heavy atom. The molecule has 0 bridgehead atoms. The minimum absolute atomic E-state index is 0.0696. The number of benzene rings is 3. The molecule has 2 N–H and O–H groups in total. The molecule has 6 rings (SSSR count). The van der Waals surface area contributed by atoms with Gasteiger partial charge in [-0.1, -0.05) is 36.4 Å². The summed E-state index contributed by atoms with van der Waals surface area (Å²) in [6.07, 6.45) is -0.782. The molecule has 4 aromatic rings. The van der Waals surface area contributed by atoms with Gasteiger partial charge in [-0.2, -0.15) is 5.10 Å². The average molecular weight is 572 g/mol. The molecule has 2 aliphatic heterocycles. The largest absolute Gasteiger partial charge is 0.326 e. The molecule has 2 aliphatic rings. The predicted molar refractivity (Wildman–Crippen MR) is 152 cm³/mol. The van der Waals surface area contributed by atoms with Gasteiger partial charge in [0, 0.05) is 36.4 Å². The van der Waals surface area contributed by atoms with E-state index >= 15 is 4.39 Å². The number of Topliss-reactive ketones (excluding diaryl/α,β-unsaturated/α-hetero) is 1. The van der Waals surface area contributed by atoms with Crippen LogP contribution in [0.5, 0.6) is 0 Å². The Hall–Kier alpha value is -4.93. The molecule has 0 aliphatic carbocycles. The summed E-state index contributed by atoms with van der Waals surface area (Å²) in [6, 6.07) is 15.6. The zero-order chi connectivity index (χ0) is 29.5. The first-order valence-electron chi connectivity index (χ1n) is 13.6. The highest BCUT2D eigenvalue weighted by Crippen LogP contribution is 2.33. The van der Waals surface area contributed by atoms with Crippen molar-refractivity contribution in [1.29, 1.82) is 0 Å². The molecule has 3 amide bonds. The van der Waals surface area contributed by atoms with E-state index < -0.39 is 29.8 Å². The molecule has 3 aromatic carbocycles. The number of likely N-dealkylation sites (tertiary alicyclic amines) is 1. The first-order valence-corrected chi connectivity index (χ1v) is 13.6. The van der Waals surface area contributed by atoms with Gasteiger partial charge in [-0.05, 0) is 41.8 Å². The van der Waals surface area contributed by atoms with E-state index in [0.717, 1.165) is 10.5 Å². The van der Waals surface area contributed by atoms with E-state index in [1.807, 2.05) is 0 Å². The minimum atomic E-state index is -1.43. The summed E-state index contributed by atoms with van der Waals surface area (Å²) in [5.74, 6) is -2.25. The van der Waals surface area contributed by atoms with Crippen LogP contribution in [0.1, 0.15) is 35.8 Å². The van der Waals surface area contributed by atoms with E-state index in [1.54, 1.807) is 54.6 Å². The van der Waals surface area contributed by atoms with Gasteiger partial charge >= 0.3 is 0 Å². The van der Waals surface area contributed by atoms with Crippen LogP contribution in [0.2, 0.25) is 0 Å². The molecule has 42 heavy (non-hydrogen) atoms. The molecule has 0 unspecified atom stereocenters. The molecule has 0 saturated carbocycles. The number of nitrogens with one attached hydrogen (secondary N) is 2. The van der Waals surface area contributed by atoms with Crippen molar-refractivity contribution in [2.24, 2.45) is 0 Å². The number of rotatable bonds is 6. The monoisotopic (exact) mass is 571 g/mol. The first-order chi connectivity index (χ1) is 20.2. The van der Waals surface area contributed by atoms with Crippen LogP contribution in [-0.4, -0.2) is 56.9 Å². The second-order valence-corrected chi connectivity index (χ2v) is 10.6. The second-order valence-electron chi connectivity index (χ2n) is 10.6. The summed E-state index contributed by atoms with van der Waals surface area (Å²) in [6.45, 7) is 0.797. The predicted octanol–water partition coefficient (Wildman–Crippen LogP) is 4.51. The quantitative estimate of drug-likeness (QED) is 0.331. The molecule has 3 heterocycles. The van der Waals surface area contributed by atoms with Gasteiger partial charge in [0.15, 0.2) is 11.6 Å². The van der Waals surface area contributed by atoms with Crippen LogP contribution in [0.4, 0.5) is 20.2 Å². The topological polar surface area (TPSA) is 113 Å². The SMILES string of the molecule is CC(=O)c1nn(CC(=O)N2C[C@H](F)C[C@H]2C(=O)Nc2cccc(-c3ccc4c(c3)CCC(=O)N4)c2F)c2ccccc12. The molecular weight excluding hydrogens is 544 g/mol. The third-order valence-electron chi connectivity index (χ3n) is 7.72. The number of carbonyl (C=O) groups is 4. The average Bonchev–Trinajstić information content (AvgIpc) is 3.55. The van der Waals surface area contributed by atoms with Crippen molar-refractivity contribution >= 4 is 45.8 Å². The van der Waals surface area contributed by atoms with Crippen LogP contribution >= 0.6 is 0 Å². The Bertz CT molecular complexity index is 1770. The Morgan fingerprint density at radius 3 is 2.69 bits per heavy atom. The van der Waals surface area contributed by atoms with E-state index in [0.29, 0.717) is 35.0 Å². The van der Waals surface area contributed by atoms with Gasteiger partial charge in [-0.25, -0.2) is 8.78 Å². The maximum Gasteiger partial charge on any atom is 0.247 e. The lowest BCUT2D eigenvalue weighted by atomic mass is 9.96. The first kappa shape index (κ1) is 27.3. The van der Waals surface area contributed by atoms with Crippen LogP contribution in [0.25, 0.3) is 22.0 Å². The molecule has 1 saturated heterocycles. The lowest BCUT2D eigenvalue weighted by Gasteiger charge is -2.24. The van der Waals surface area contributed by atoms with Gasteiger partial charge in [0.05, 0.1) is 17.7 Å². The van der Waals surface area contributed by atoms with Gasteiger partial charge in [-0.15, -0.1) is 0 Å². The van der Waals surface area contributed by atoms with Crippen LogP contribution < -0.4 is 10.6 Å². The molecule has 0 radical (unpaired) electrons. The number of nitrogens with zero attached hydrogens (tertiary/aromatic N) is 3. The van der Waals surface area contributed by atoms with Crippen molar-refractivity contribution in [2.45, 2.75) is 44.9 Å². The molecule has 9 nitrogen and oxygen atoms in total. The standard InChI is InChI=1S/C31H27F2N5O4/c1-17(39)30-22-5-2-3-8-25(22)38(36-30)16-28(41)37-15-20(32)14-26(37)31(42)35-24-7-4-6-21(29(24)33)18-9-11-23-19(13-18)10-12-27(40)34-23/h2-9,11,13,20,26H,10,12,14-16H2,1H3,(H,34,40)(H,35,42)/t20-,26+/m1/s1. The lowest BCUT2D eigenvalue weighted by molar-refractivity contribution is -0.137. The number of ketones is 1. The highest BCUT2D eigenvalue weighted by molar-refractivity contribution is 6.05. The smallest absolute Gasteiger partial charge is 0.247 e. The van der Waals surface area contributed by atoms with Gasteiger partial charge in [-0.3, -0.25) is 23.9 Å². The normalized spacial score (nSPS) is 18.1. The number of halogens is 2. The molecule has 11 heteroatoms. The lowest BCUT2D eigenvalue weighted by Crippen LogP contribution is -2.44. The molecule has 214 valence electrons. The number of carbonyl (C=O) groups excluding carboxylic acids is 4. The zero-order valence-corrected chi connectivity index (χ0v) is 22.7. The summed E-state index contributed by atoms with van der Waals surface area (Å²) in [4.78, 5) is 51.5. The number of aryl methyl sites for hydroxylation is 1. The van der Waals surface area contributed by atoms with Crippen molar-refractivity contribution in [3.05, 3.63) is 77.7 Å². The van der Waals surface area contributed by atoms with E-state index in [2.05, 4.69) is 15.7 Å². The highest BCUT2D eigenvalue weighted by atomic mass is 19.1. The Morgan fingerprint density at radius 1 is 1.07 bits per heavy atom. The number of hydrogen-bond acceptors (Lipinski definition) is 5. The Labute approximate surface area is 239 Å². The van der Waals surface area contributed by atoms with Crippen LogP contribution in [0, 0.1) is 5.82 Å². The van der Waals surface area contributed by atoms with Gasteiger partial charge in [0.25, 0.3) is 0 Å². The van der Waals surface area contributed by atoms with E-state index in [-0.39, 0.29) is 48.1 Å². The van der Waals surface area contributed by atoms with Crippen molar-refractivity contribution in [2.75, 3.05) is 17.2 Å². The van der Waals surface area contributed by atoms with Crippen LogP contribution in [0.3, 0.4) is 0 Å². The van der Waals surface area contributed by atoms with Gasteiger partial charge in [0.1, 0.15) is 24.5 Å². The Kier molecular flexibility index (Phi) is 7.01. The zero-order valence-electron chi connectivity index (χ0n) is 22.7. The number of aromatic nitrogens is 2. The van der Waals surface area contributed by atoms with E-state index in [9.17, 15) is 23.6 Å². The molecule has 1 fully saturated rings. The van der Waals surface area contributed by atoms with Crippen molar-refractivity contribution < 1.29 is 28.0 Å². The Balaban J connectivity index is 1.22. The number of anilines is 2. The van der Waals surface area contributed by atoms with E-state index in [4.69, 9.17) is 0 Å². The van der Waals surface area contributed by atoms with Crippen molar-refractivity contribution in [3.8, 4) is 11.1 Å². The third-order valence-corrected chi connectivity index (χ3v) is 7.72. The molecule has 2 atom stereocenters. The molecular formula is C31H27F2N5O4. The summed E-state index contributed by atoms with van der Waals surface area (Å²) in [5, 5.41) is 10.2.